The minimum Gasteiger partial charge on any atom is -0.383 e. The van der Waals surface area contributed by atoms with Crippen LogP contribution in [0.3, 0.4) is 0 Å². The number of ether oxygens (including phenoxy) is 1. The molecule has 5 heteroatoms. The Labute approximate surface area is 89.4 Å². The highest BCUT2D eigenvalue weighted by Crippen LogP contribution is 2.23. The molecule has 0 aromatic carbocycles. The molecule has 15 heavy (non-hydrogen) atoms. The molecule has 0 unspecified atom stereocenters. The van der Waals surface area contributed by atoms with E-state index in [4.69, 9.17) is 15.7 Å². The first-order valence-electron chi connectivity index (χ1n) is 4.68. The fraction of sp³-hybridized carbons (Fsp3) is 0.600. The molecule has 0 fully saturated rings. The third kappa shape index (κ3) is 2.10. The van der Waals surface area contributed by atoms with Crippen molar-refractivity contribution in [3.05, 3.63) is 11.3 Å². The summed E-state index contributed by atoms with van der Waals surface area (Å²) in [4.78, 5) is 0. The highest BCUT2D eigenvalue weighted by Gasteiger charge is 2.22. The molecule has 0 bridgehead atoms. The van der Waals surface area contributed by atoms with Crippen LogP contribution in [0.25, 0.3) is 0 Å². The molecule has 82 valence electrons. The third-order valence-electron chi connectivity index (χ3n) is 2.02. The zero-order valence-electron chi connectivity index (χ0n) is 9.53. The standard InChI is InChI=1S/C10H16N4O/c1-10(2,3)14-9(12)7(5-11)8(13-14)6-15-4/h6,12H2,1-4H3. The van der Waals surface area contributed by atoms with Gasteiger partial charge in [-0.2, -0.15) is 10.4 Å². The first-order valence-corrected chi connectivity index (χ1v) is 4.68. The number of hydrogen-bond donors (Lipinski definition) is 1. The molecule has 0 saturated carbocycles. The van der Waals surface area contributed by atoms with Gasteiger partial charge in [0.1, 0.15) is 23.1 Å². The van der Waals surface area contributed by atoms with E-state index in [0.29, 0.717) is 23.7 Å². The SMILES string of the molecule is COCc1nn(C(C)(C)C)c(N)c1C#N. The lowest BCUT2D eigenvalue weighted by molar-refractivity contribution is 0.179. The zero-order valence-corrected chi connectivity index (χ0v) is 9.53. The van der Waals surface area contributed by atoms with Crippen molar-refractivity contribution >= 4 is 5.82 Å². The molecule has 0 amide bonds. The van der Waals surface area contributed by atoms with Crippen LogP contribution in [-0.4, -0.2) is 16.9 Å². The van der Waals surface area contributed by atoms with Crippen molar-refractivity contribution in [1.82, 2.24) is 9.78 Å². The van der Waals surface area contributed by atoms with Crippen LogP contribution in [0.15, 0.2) is 0 Å². The molecular formula is C10H16N4O. The van der Waals surface area contributed by atoms with Crippen molar-refractivity contribution in [3.8, 4) is 6.07 Å². The van der Waals surface area contributed by atoms with Crippen molar-refractivity contribution in [2.75, 3.05) is 12.8 Å². The van der Waals surface area contributed by atoms with Gasteiger partial charge in [0.2, 0.25) is 0 Å². The predicted octanol–water partition coefficient (Wildman–Crippen LogP) is 1.24. The zero-order chi connectivity index (χ0) is 11.6. The molecule has 1 rings (SSSR count). The molecule has 2 N–H and O–H groups in total. The van der Waals surface area contributed by atoms with Crippen LogP contribution in [0.1, 0.15) is 32.0 Å². The number of nitriles is 1. The van der Waals surface area contributed by atoms with E-state index in [2.05, 4.69) is 11.2 Å². The number of rotatable bonds is 2. The van der Waals surface area contributed by atoms with Crippen molar-refractivity contribution in [2.45, 2.75) is 32.9 Å². The molecule has 1 aromatic heterocycles. The normalized spacial score (nSPS) is 11.4. The number of methoxy groups -OCH3 is 1. The van der Waals surface area contributed by atoms with E-state index in [1.54, 1.807) is 11.8 Å². The van der Waals surface area contributed by atoms with Gasteiger partial charge in [-0.05, 0) is 20.8 Å². The van der Waals surface area contributed by atoms with Gasteiger partial charge in [-0.25, -0.2) is 4.68 Å². The smallest absolute Gasteiger partial charge is 0.140 e. The second kappa shape index (κ2) is 3.91. The molecule has 0 saturated heterocycles. The Balaban J connectivity index is 3.29. The highest BCUT2D eigenvalue weighted by molar-refractivity contribution is 5.52. The molecule has 0 atom stereocenters. The number of nitrogen functional groups attached to an aromatic ring is 1. The summed E-state index contributed by atoms with van der Waals surface area (Å²) in [5.41, 5.74) is 6.62. The van der Waals surface area contributed by atoms with E-state index in [-0.39, 0.29) is 5.54 Å². The Morgan fingerprint density at radius 1 is 1.53 bits per heavy atom. The minimum atomic E-state index is -0.234. The maximum atomic E-state index is 8.97. The molecule has 0 radical (unpaired) electrons. The minimum absolute atomic E-state index is 0.234. The summed E-state index contributed by atoms with van der Waals surface area (Å²) in [6.45, 7) is 6.24. The molecule has 0 aliphatic carbocycles. The van der Waals surface area contributed by atoms with Gasteiger partial charge in [-0.1, -0.05) is 0 Å². The van der Waals surface area contributed by atoms with Gasteiger partial charge in [-0.15, -0.1) is 0 Å². The van der Waals surface area contributed by atoms with E-state index in [0.717, 1.165) is 0 Å². The van der Waals surface area contributed by atoms with Crippen LogP contribution in [0.4, 0.5) is 5.82 Å². The quantitative estimate of drug-likeness (QED) is 0.793. The van der Waals surface area contributed by atoms with Crippen LogP contribution < -0.4 is 5.73 Å². The highest BCUT2D eigenvalue weighted by atomic mass is 16.5. The third-order valence-corrected chi connectivity index (χ3v) is 2.02. The number of aromatic nitrogens is 2. The molecule has 5 nitrogen and oxygen atoms in total. The molecule has 1 heterocycles. The molecule has 0 aliphatic heterocycles. The second-order valence-electron chi connectivity index (χ2n) is 4.33. The number of anilines is 1. The van der Waals surface area contributed by atoms with Crippen molar-refractivity contribution in [3.63, 3.8) is 0 Å². The predicted molar refractivity (Wildman–Crippen MR) is 57.1 cm³/mol. The summed E-state index contributed by atoms with van der Waals surface area (Å²) >= 11 is 0. The first-order chi connectivity index (χ1) is 6.91. The van der Waals surface area contributed by atoms with Crippen LogP contribution in [0.2, 0.25) is 0 Å². The van der Waals surface area contributed by atoms with Gasteiger partial charge in [0.05, 0.1) is 12.1 Å². The first kappa shape index (κ1) is 11.5. The monoisotopic (exact) mass is 208 g/mol. The van der Waals surface area contributed by atoms with Crippen LogP contribution in [0, 0.1) is 11.3 Å². The van der Waals surface area contributed by atoms with E-state index in [1.807, 2.05) is 20.8 Å². The second-order valence-corrected chi connectivity index (χ2v) is 4.33. The fourth-order valence-electron chi connectivity index (χ4n) is 1.35. The topological polar surface area (TPSA) is 76.9 Å². The van der Waals surface area contributed by atoms with Gasteiger partial charge in [0, 0.05) is 7.11 Å². The molecular weight excluding hydrogens is 192 g/mol. The summed E-state index contributed by atoms with van der Waals surface area (Å²) in [5.74, 6) is 0.400. The van der Waals surface area contributed by atoms with Crippen molar-refractivity contribution in [1.29, 1.82) is 5.26 Å². The summed E-state index contributed by atoms with van der Waals surface area (Å²) in [6, 6.07) is 2.05. The van der Waals surface area contributed by atoms with Gasteiger partial charge in [-0.3, -0.25) is 0 Å². The number of nitrogens with zero attached hydrogens (tertiary/aromatic N) is 3. The van der Waals surface area contributed by atoms with E-state index >= 15 is 0 Å². The van der Waals surface area contributed by atoms with Gasteiger partial charge >= 0.3 is 0 Å². The lowest BCUT2D eigenvalue weighted by Crippen LogP contribution is -2.25. The summed E-state index contributed by atoms with van der Waals surface area (Å²) in [5, 5.41) is 13.3. The van der Waals surface area contributed by atoms with E-state index in [9.17, 15) is 0 Å². The lowest BCUT2D eigenvalue weighted by Gasteiger charge is -2.20. The van der Waals surface area contributed by atoms with Crippen molar-refractivity contribution in [2.24, 2.45) is 0 Å². The maximum Gasteiger partial charge on any atom is 0.140 e. The Morgan fingerprint density at radius 2 is 2.13 bits per heavy atom. The van der Waals surface area contributed by atoms with Crippen LogP contribution in [-0.2, 0) is 16.9 Å². The Bertz CT molecular complexity index is 395. The lowest BCUT2D eigenvalue weighted by atomic mass is 10.1. The fourth-order valence-corrected chi connectivity index (χ4v) is 1.35. The Hall–Kier alpha value is -1.54. The average Bonchev–Trinajstić information content (AvgIpc) is 2.42. The summed E-state index contributed by atoms with van der Waals surface area (Å²) < 4.78 is 6.62. The number of nitrogens with two attached hydrogens (primary N) is 1. The molecule has 1 aromatic rings. The van der Waals surface area contributed by atoms with E-state index in [1.165, 1.54) is 0 Å². The van der Waals surface area contributed by atoms with Gasteiger partial charge in [0.15, 0.2) is 0 Å². The maximum absolute atomic E-state index is 8.97. The van der Waals surface area contributed by atoms with Crippen molar-refractivity contribution < 1.29 is 4.74 Å². The Kier molecular flexibility index (Phi) is 3.01. The van der Waals surface area contributed by atoms with Gasteiger partial charge in [0.25, 0.3) is 0 Å². The van der Waals surface area contributed by atoms with Crippen LogP contribution >= 0.6 is 0 Å². The van der Waals surface area contributed by atoms with Gasteiger partial charge < -0.3 is 10.5 Å². The summed E-state index contributed by atoms with van der Waals surface area (Å²) in [7, 11) is 1.56. The molecule has 0 spiro atoms. The van der Waals surface area contributed by atoms with Crippen LogP contribution in [0.5, 0.6) is 0 Å². The number of hydrogen-bond acceptors (Lipinski definition) is 4. The summed E-state index contributed by atoms with van der Waals surface area (Å²) in [6.07, 6.45) is 0. The largest absolute Gasteiger partial charge is 0.383 e. The average molecular weight is 208 g/mol. The molecule has 0 aliphatic rings. The van der Waals surface area contributed by atoms with E-state index < -0.39 is 0 Å². The Morgan fingerprint density at radius 3 is 2.53 bits per heavy atom.